The molecule has 2 N–H and O–H groups in total. The molecule has 0 amide bonds. The molecule has 3 atom stereocenters. The van der Waals surface area contributed by atoms with Gasteiger partial charge in [-0.05, 0) is 86.6 Å². The second kappa shape index (κ2) is 6.17. The van der Waals surface area contributed by atoms with Crippen LogP contribution in [-0.2, 0) is 18.3 Å². The molecule has 0 aliphatic heterocycles. The molecule has 0 saturated heterocycles. The first-order valence-corrected chi connectivity index (χ1v) is 9.57. The zero-order valence-electron chi connectivity index (χ0n) is 15.0. The number of phenolic OH excluding ortho intramolecular Hbond substituents is 1. The van der Waals surface area contributed by atoms with E-state index in [1.807, 2.05) is 19.1 Å². The Morgan fingerprint density at radius 2 is 1.88 bits per heavy atom. The van der Waals surface area contributed by atoms with Gasteiger partial charge in [0.15, 0.2) is 0 Å². The Balaban J connectivity index is 1.84. The molecular weight excluding hydrogens is 308 g/mol. The van der Waals surface area contributed by atoms with Crippen molar-refractivity contribution in [2.24, 2.45) is 5.92 Å². The molecule has 0 spiro atoms. The van der Waals surface area contributed by atoms with Crippen molar-refractivity contribution in [2.45, 2.75) is 62.9 Å². The van der Waals surface area contributed by atoms with Crippen LogP contribution in [-0.4, -0.2) is 15.8 Å². The van der Waals surface area contributed by atoms with Crippen LogP contribution in [0.2, 0.25) is 0 Å². The van der Waals surface area contributed by atoms with Crippen molar-refractivity contribution in [1.82, 2.24) is 0 Å². The molecule has 25 heavy (non-hydrogen) atoms. The minimum atomic E-state index is -0.549. The van der Waals surface area contributed by atoms with Crippen LogP contribution in [0.3, 0.4) is 0 Å². The molecule has 2 nitrogen and oxygen atoms in total. The molecule has 0 radical (unpaired) electrons. The average molecular weight is 336 g/mol. The third kappa shape index (κ3) is 3.08. The van der Waals surface area contributed by atoms with Crippen molar-refractivity contribution in [3.63, 3.8) is 0 Å². The zero-order valence-corrected chi connectivity index (χ0v) is 15.0. The van der Waals surface area contributed by atoms with Crippen molar-refractivity contribution in [3.8, 4) is 5.75 Å². The van der Waals surface area contributed by atoms with Crippen LogP contribution in [0.15, 0.2) is 48.5 Å². The Morgan fingerprint density at radius 3 is 2.68 bits per heavy atom. The fourth-order valence-corrected chi connectivity index (χ4v) is 5.36. The van der Waals surface area contributed by atoms with E-state index in [0.717, 1.165) is 44.9 Å². The van der Waals surface area contributed by atoms with Crippen molar-refractivity contribution in [1.29, 1.82) is 0 Å². The van der Waals surface area contributed by atoms with E-state index >= 15 is 0 Å². The van der Waals surface area contributed by atoms with Crippen LogP contribution in [0, 0.1) is 5.92 Å². The summed E-state index contributed by atoms with van der Waals surface area (Å²) < 4.78 is 0. The Morgan fingerprint density at radius 1 is 1.08 bits per heavy atom. The predicted molar refractivity (Wildman–Crippen MR) is 101 cm³/mol. The van der Waals surface area contributed by atoms with E-state index < -0.39 is 5.60 Å². The smallest absolute Gasteiger partial charge is 0.115 e. The molecule has 1 fully saturated rings. The molecule has 2 aromatic rings. The molecule has 1 saturated carbocycles. The molecule has 0 bridgehead atoms. The highest BCUT2D eigenvalue weighted by Crippen LogP contribution is 2.53. The Bertz CT molecular complexity index is 750. The Kier molecular flexibility index (Phi) is 4.11. The molecule has 132 valence electrons. The molecule has 0 unspecified atom stereocenters. The van der Waals surface area contributed by atoms with E-state index in [-0.39, 0.29) is 5.41 Å². The highest BCUT2D eigenvalue weighted by molar-refractivity contribution is 5.43. The summed E-state index contributed by atoms with van der Waals surface area (Å²) >= 11 is 0. The number of aliphatic hydroxyl groups is 1. The van der Waals surface area contributed by atoms with E-state index in [2.05, 4.69) is 36.4 Å². The molecule has 2 aromatic carbocycles. The van der Waals surface area contributed by atoms with Gasteiger partial charge in [-0.15, -0.1) is 0 Å². The average Bonchev–Trinajstić information content (AvgIpc) is 2.72. The maximum absolute atomic E-state index is 10.7. The molecule has 2 heteroatoms. The van der Waals surface area contributed by atoms with Crippen LogP contribution < -0.4 is 0 Å². The minimum absolute atomic E-state index is 0.0725. The number of phenols is 1. The Hall–Kier alpha value is -1.80. The standard InChI is InChI=1S/C23H28O2/c1-22(25)12-13-23(15-17-6-3-2-4-7-17)19(16-22)9-5-8-18-14-20(24)10-11-21(18)23/h2-4,6-7,10-11,14,19,24-25H,5,8-9,12-13,15-16H2,1H3/t19-,22+,23+/m1/s1. The summed E-state index contributed by atoms with van der Waals surface area (Å²) in [5, 5.41) is 20.7. The van der Waals surface area contributed by atoms with Crippen molar-refractivity contribution in [3.05, 3.63) is 65.2 Å². The van der Waals surface area contributed by atoms with Gasteiger partial charge < -0.3 is 10.2 Å². The van der Waals surface area contributed by atoms with E-state index in [1.54, 1.807) is 0 Å². The maximum atomic E-state index is 10.7. The molecule has 0 heterocycles. The first-order valence-electron chi connectivity index (χ1n) is 9.57. The third-order valence-electron chi connectivity index (χ3n) is 6.56. The second-order valence-corrected chi connectivity index (χ2v) is 8.45. The topological polar surface area (TPSA) is 40.5 Å². The van der Waals surface area contributed by atoms with Gasteiger partial charge in [0.2, 0.25) is 0 Å². The number of hydrogen-bond donors (Lipinski definition) is 2. The van der Waals surface area contributed by atoms with Gasteiger partial charge in [0.1, 0.15) is 5.75 Å². The molecular formula is C23H28O2. The van der Waals surface area contributed by atoms with Crippen LogP contribution in [0.5, 0.6) is 5.75 Å². The van der Waals surface area contributed by atoms with Gasteiger partial charge >= 0.3 is 0 Å². The first-order chi connectivity index (χ1) is 12.0. The highest BCUT2D eigenvalue weighted by Gasteiger charge is 2.49. The van der Waals surface area contributed by atoms with Crippen molar-refractivity contribution in [2.75, 3.05) is 0 Å². The van der Waals surface area contributed by atoms with Crippen molar-refractivity contribution >= 4 is 0 Å². The van der Waals surface area contributed by atoms with Gasteiger partial charge in [0.25, 0.3) is 0 Å². The lowest BCUT2D eigenvalue weighted by atomic mass is 9.56. The van der Waals surface area contributed by atoms with E-state index in [1.165, 1.54) is 16.7 Å². The van der Waals surface area contributed by atoms with Crippen LogP contribution in [0.25, 0.3) is 0 Å². The van der Waals surface area contributed by atoms with Gasteiger partial charge in [0.05, 0.1) is 5.60 Å². The van der Waals surface area contributed by atoms with E-state index in [4.69, 9.17) is 0 Å². The first kappa shape index (κ1) is 16.7. The fourth-order valence-electron chi connectivity index (χ4n) is 5.36. The fraction of sp³-hybridized carbons (Fsp3) is 0.478. The minimum Gasteiger partial charge on any atom is -0.508 e. The van der Waals surface area contributed by atoms with Gasteiger partial charge in [-0.2, -0.15) is 0 Å². The van der Waals surface area contributed by atoms with Crippen LogP contribution in [0.1, 0.15) is 55.7 Å². The van der Waals surface area contributed by atoms with E-state index in [9.17, 15) is 10.2 Å². The number of fused-ring (bicyclic) bond motifs is 3. The Labute approximate surface area is 150 Å². The lowest BCUT2D eigenvalue weighted by Gasteiger charge is -2.49. The SMILES string of the molecule is C[C@]1(O)CC[C@@]2(Cc3ccccc3)c3ccc(O)cc3CCC[C@@H]2C1. The largest absolute Gasteiger partial charge is 0.508 e. The number of aromatic hydroxyl groups is 1. The maximum Gasteiger partial charge on any atom is 0.115 e. The number of rotatable bonds is 2. The monoisotopic (exact) mass is 336 g/mol. The zero-order chi connectivity index (χ0) is 17.5. The predicted octanol–water partition coefficient (Wildman–Crippen LogP) is 4.76. The van der Waals surface area contributed by atoms with Gasteiger partial charge in [-0.25, -0.2) is 0 Å². The van der Waals surface area contributed by atoms with Gasteiger partial charge in [-0.3, -0.25) is 0 Å². The van der Waals surface area contributed by atoms with Crippen molar-refractivity contribution < 1.29 is 10.2 Å². The number of aryl methyl sites for hydroxylation is 1. The normalized spacial score (nSPS) is 31.7. The summed E-state index contributed by atoms with van der Waals surface area (Å²) in [6.07, 6.45) is 7.06. The summed E-state index contributed by atoms with van der Waals surface area (Å²) in [4.78, 5) is 0. The molecule has 4 rings (SSSR count). The summed E-state index contributed by atoms with van der Waals surface area (Å²) in [7, 11) is 0. The molecule has 0 aromatic heterocycles. The van der Waals surface area contributed by atoms with Gasteiger partial charge in [0, 0.05) is 5.41 Å². The van der Waals surface area contributed by atoms with Gasteiger partial charge in [-0.1, -0.05) is 36.4 Å². The molecule has 2 aliphatic carbocycles. The van der Waals surface area contributed by atoms with E-state index in [0.29, 0.717) is 11.7 Å². The second-order valence-electron chi connectivity index (χ2n) is 8.45. The lowest BCUT2D eigenvalue weighted by Crippen LogP contribution is -2.47. The molecule has 2 aliphatic rings. The lowest BCUT2D eigenvalue weighted by molar-refractivity contribution is -0.0330. The quantitative estimate of drug-likeness (QED) is 0.830. The number of hydrogen-bond acceptors (Lipinski definition) is 2. The van der Waals surface area contributed by atoms with Crippen LogP contribution in [0.4, 0.5) is 0 Å². The number of benzene rings is 2. The highest BCUT2D eigenvalue weighted by atomic mass is 16.3. The summed E-state index contributed by atoms with van der Waals surface area (Å²) in [5.41, 5.74) is 3.61. The van der Waals surface area contributed by atoms with Crippen LogP contribution >= 0.6 is 0 Å². The third-order valence-corrected chi connectivity index (χ3v) is 6.56. The summed E-state index contributed by atoms with van der Waals surface area (Å²) in [6.45, 7) is 2.00. The summed E-state index contributed by atoms with van der Waals surface area (Å²) in [6, 6.07) is 16.7. The summed E-state index contributed by atoms with van der Waals surface area (Å²) in [5.74, 6) is 0.858.